The van der Waals surface area contributed by atoms with Crippen LogP contribution in [0.15, 0.2) is 18.2 Å². The van der Waals surface area contributed by atoms with Gasteiger partial charge >= 0.3 is 0 Å². The van der Waals surface area contributed by atoms with Gasteiger partial charge in [-0.1, -0.05) is 19.9 Å². The number of hydrogen-bond acceptors (Lipinski definition) is 3. The third-order valence-corrected chi connectivity index (χ3v) is 4.95. The van der Waals surface area contributed by atoms with Gasteiger partial charge in [0, 0.05) is 49.9 Å². The summed E-state index contributed by atoms with van der Waals surface area (Å²) in [7, 11) is 0. The van der Waals surface area contributed by atoms with Gasteiger partial charge in [0.05, 0.1) is 5.92 Å². The Balaban J connectivity index is 0.00000312. The number of amides is 1. The van der Waals surface area contributed by atoms with E-state index in [1.165, 1.54) is 12.1 Å². The standard InChI is InChI=1S/C18H27F2N3O.2ClH/c1-4-17(15-6-5-14(19)11-16(15)20)22-7-9-23(10-8-22)18(24)12(2)13(3)21;;/h5-6,11-13,17H,4,7-10,21H2,1-3H3;2*1H. The smallest absolute Gasteiger partial charge is 0.227 e. The average Bonchev–Trinajstić information content (AvgIpc) is 2.56. The normalized spacial score (nSPS) is 18.3. The monoisotopic (exact) mass is 411 g/mol. The quantitative estimate of drug-likeness (QED) is 0.807. The summed E-state index contributed by atoms with van der Waals surface area (Å²) in [6.45, 7) is 8.23. The molecular formula is C18H29Cl2F2N3O. The lowest BCUT2D eigenvalue weighted by Crippen LogP contribution is -2.52. The van der Waals surface area contributed by atoms with E-state index < -0.39 is 11.6 Å². The summed E-state index contributed by atoms with van der Waals surface area (Å²) < 4.78 is 27.2. The zero-order chi connectivity index (χ0) is 17.9. The third-order valence-electron chi connectivity index (χ3n) is 4.95. The third kappa shape index (κ3) is 5.78. The zero-order valence-electron chi connectivity index (χ0n) is 15.5. The number of carbonyl (C=O) groups excluding carboxylic acids is 1. The summed E-state index contributed by atoms with van der Waals surface area (Å²) in [6.07, 6.45) is 0.729. The van der Waals surface area contributed by atoms with Crippen LogP contribution in [0.25, 0.3) is 0 Å². The second kappa shape index (κ2) is 11.0. The van der Waals surface area contributed by atoms with Crippen LogP contribution in [0, 0.1) is 17.6 Å². The number of halogens is 4. The second-order valence-corrected chi connectivity index (χ2v) is 6.60. The number of rotatable bonds is 5. The zero-order valence-corrected chi connectivity index (χ0v) is 17.1. The lowest BCUT2D eigenvalue weighted by Gasteiger charge is -2.40. The number of piperazine rings is 1. The molecule has 150 valence electrons. The van der Waals surface area contributed by atoms with Crippen molar-refractivity contribution in [2.24, 2.45) is 11.7 Å². The molecule has 3 atom stereocenters. The molecule has 1 fully saturated rings. The molecule has 4 nitrogen and oxygen atoms in total. The van der Waals surface area contributed by atoms with E-state index in [2.05, 4.69) is 4.90 Å². The van der Waals surface area contributed by atoms with E-state index in [0.29, 0.717) is 31.7 Å². The van der Waals surface area contributed by atoms with Crippen LogP contribution in [-0.2, 0) is 4.79 Å². The maximum atomic E-state index is 14.1. The van der Waals surface area contributed by atoms with Crippen molar-refractivity contribution < 1.29 is 13.6 Å². The predicted molar refractivity (Wildman–Crippen MR) is 105 cm³/mol. The molecule has 1 aliphatic heterocycles. The summed E-state index contributed by atoms with van der Waals surface area (Å²) in [6, 6.07) is 3.47. The number of nitrogens with zero attached hydrogens (tertiary/aromatic N) is 2. The summed E-state index contributed by atoms with van der Waals surface area (Å²) >= 11 is 0. The molecule has 0 aromatic heterocycles. The van der Waals surface area contributed by atoms with Gasteiger partial charge in [0.1, 0.15) is 11.6 Å². The summed E-state index contributed by atoms with van der Waals surface area (Å²) in [5.74, 6) is -1.20. The van der Waals surface area contributed by atoms with Crippen molar-refractivity contribution in [1.29, 1.82) is 0 Å². The fourth-order valence-electron chi connectivity index (χ4n) is 3.21. The molecule has 2 N–H and O–H groups in total. The van der Waals surface area contributed by atoms with Crippen molar-refractivity contribution in [2.75, 3.05) is 26.2 Å². The fourth-order valence-corrected chi connectivity index (χ4v) is 3.21. The number of carbonyl (C=O) groups is 1. The highest BCUT2D eigenvalue weighted by Crippen LogP contribution is 2.28. The van der Waals surface area contributed by atoms with Gasteiger partial charge in [0.2, 0.25) is 5.91 Å². The molecule has 1 amide bonds. The lowest BCUT2D eigenvalue weighted by molar-refractivity contribution is -0.137. The van der Waals surface area contributed by atoms with Gasteiger partial charge in [0.15, 0.2) is 0 Å². The van der Waals surface area contributed by atoms with E-state index in [4.69, 9.17) is 5.73 Å². The first-order chi connectivity index (χ1) is 11.3. The largest absolute Gasteiger partial charge is 0.340 e. The molecule has 0 aliphatic carbocycles. The van der Waals surface area contributed by atoms with Crippen molar-refractivity contribution in [2.45, 2.75) is 39.3 Å². The molecule has 26 heavy (non-hydrogen) atoms. The van der Waals surface area contributed by atoms with Crippen LogP contribution in [0.4, 0.5) is 8.78 Å². The van der Waals surface area contributed by atoms with Crippen molar-refractivity contribution >= 4 is 30.7 Å². The highest BCUT2D eigenvalue weighted by Gasteiger charge is 2.30. The fraction of sp³-hybridized carbons (Fsp3) is 0.611. The molecule has 2 rings (SSSR count). The van der Waals surface area contributed by atoms with Crippen molar-refractivity contribution in [3.05, 3.63) is 35.4 Å². The number of hydrogen-bond donors (Lipinski definition) is 1. The van der Waals surface area contributed by atoms with E-state index in [1.807, 2.05) is 25.7 Å². The predicted octanol–water partition coefficient (Wildman–Crippen LogP) is 3.39. The molecular weight excluding hydrogens is 383 g/mol. The Bertz CT molecular complexity index is 582. The van der Waals surface area contributed by atoms with Gasteiger partial charge in [-0.25, -0.2) is 8.78 Å². The first-order valence-electron chi connectivity index (χ1n) is 8.58. The molecule has 0 saturated carbocycles. The summed E-state index contributed by atoms with van der Waals surface area (Å²) in [5.41, 5.74) is 6.33. The molecule has 1 aromatic rings. The summed E-state index contributed by atoms with van der Waals surface area (Å²) in [4.78, 5) is 16.4. The van der Waals surface area contributed by atoms with E-state index in [9.17, 15) is 13.6 Å². The minimum absolute atomic E-state index is 0. The van der Waals surface area contributed by atoms with E-state index >= 15 is 0 Å². The van der Waals surface area contributed by atoms with Crippen molar-refractivity contribution in [3.8, 4) is 0 Å². The number of benzene rings is 1. The number of nitrogens with two attached hydrogens (primary N) is 1. The SMILES string of the molecule is CCC(c1ccc(F)cc1F)N1CCN(C(=O)C(C)C(C)N)CC1.Cl.Cl. The van der Waals surface area contributed by atoms with Crippen LogP contribution in [0.3, 0.4) is 0 Å². The molecule has 0 bridgehead atoms. The average molecular weight is 412 g/mol. The van der Waals surface area contributed by atoms with Crippen LogP contribution in [0.1, 0.15) is 38.8 Å². The van der Waals surface area contributed by atoms with Gasteiger partial charge in [-0.05, 0) is 19.4 Å². The van der Waals surface area contributed by atoms with Gasteiger partial charge in [-0.3, -0.25) is 9.69 Å². The first kappa shape index (κ1) is 25.1. The van der Waals surface area contributed by atoms with Crippen LogP contribution >= 0.6 is 24.8 Å². The van der Waals surface area contributed by atoms with Gasteiger partial charge < -0.3 is 10.6 Å². The van der Waals surface area contributed by atoms with E-state index in [0.717, 1.165) is 12.5 Å². The van der Waals surface area contributed by atoms with E-state index in [-0.39, 0.29) is 48.7 Å². The van der Waals surface area contributed by atoms with Gasteiger partial charge in [-0.15, -0.1) is 24.8 Å². The Hall–Kier alpha value is -0.950. The minimum Gasteiger partial charge on any atom is -0.340 e. The van der Waals surface area contributed by atoms with Crippen LogP contribution < -0.4 is 5.73 Å². The lowest BCUT2D eigenvalue weighted by atomic mass is 10.00. The Labute approximate surface area is 166 Å². The molecule has 1 aliphatic rings. The highest BCUT2D eigenvalue weighted by atomic mass is 35.5. The molecule has 1 aromatic carbocycles. The Morgan fingerprint density at radius 2 is 1.73 bits per heavy atom. The maximum absolute atomic E-state index is 14.1. The molecule has 8 heteroatoms. The molecule has 1 heterocycles. The van der Waals surface area contributed by atoms with Crippen LogP contribution in [0.5, 0.6) is 0 Å². The highest BCUT2D eigenvalue weighted by molar-refractivity contribution is 5.85. The van der Waals surface area contributed by atoms with Crippen LogP contribution in [0.2, 0.25) is 0 Å². The minimum atomic E-state index is -0.564. The summed E-state index contributed by atoms with van der Waals surface area (Å²) in [5, 5.41) is 0. The molecule has 1 saturated heterocycles. The molecule has 3 unspecified atom stereocenters. The van der Waals surface area contributed by atoms with Gasteiger partial charge in [0.25, 0.3) is 0 Å². The first-order valence-corrected chi connectivity index (χ1v) is 8.58. The Kier molecular flexibility index (Phi) is 10.6. The van der Waals surface area contributed by atoms with Gasteiger partial charge in [-0.2, -0.15) is 0 Å². The topological polar surface area (TPSA) is 49.6 Å². The van der Waals surface area contributed by atoms with Crippen molar-refractivity contribution in [3.63, 3.8) is 0 Å². The Morgan fingerprint density at radius 1 is 1.15 bits per heavy atom. The van der Waals surface area contributed by atoms with E-state index in [1.54, 1.807) is 0 Å². The Morgan fingerprint density at radius 3 is 2.19 bits per heavy atom. The second-order valence-electron chi connectivity index (χ2n) is 6.60. The van der Waals surface area contributed by atoms with Crippen LogP contribution in [-0.4, -0.2) is 47.9 Å². The van der Waals surface area contributed by atoms with Crippen molar-refractivity contribution in [1.82, 2.24) is 9.80 Å². The maximum Gasteiger partial charge on any atom is 0.227 e. The molecule has 0 radical (unpaired) electrons. The molecule has 0 spiro atoms.